The topological polar surface area (TPSA) is 15.3 Å². The van der Waals surface area contributed by atoms with Crippen LogP contribution in [-0.2, 0) is 0 Å². The summed E-state index contributed by atoms with van der Waals surface area (Å²) >= 11 is 0. The van der Waals surface area contributed by atoms with Gasteiger partial charge in [-0.05, 0) is 51.4 Å². The molecule has 0 aromatic heterocycles. The van der Waals surface area contributed by atoms with E-state index >= 15 is 0 Å². The lowest BCUT2D eigenvalue weighted by atomic mass is 10.0. The van der Waals surface area contributed by atoms with Crippen molar-refractivity contribution in [2.75, 3.05) is 26.2 Å². The lowest BCUT2D eigenvalue weighted by Crippen LogP contribution is -2.42. The molecule has 2 nitrogen and oxygen atoms in total. The molecule has 1 saturated heterocycles. The Morgan fingerprint density at radius 1 is 1.29 bits per heavy atom. The van der Waals surface area contributed by atoms with Gasteiger partial charge in [0.05, 0.1) is 0 Å². The Balaban J connectivity index is 2.04. The molecule has 1 rings (SSSR count). The first-order chi connectivity index (χ1) is 6.72. The smallest absolute Gasteiger partial charge is 0.00914 e. The molecule has 0 atom stereocenters. The minimum absolute atomic E-state index is 0.788. The summed E-state index contributed by atoms with van der Waals surface area (Å²) in [6.07, 6.45) is 3.99. The van der Waals surface area contributed by atoms with E-state index < -0.39 is 0 Å². The third-order valence-corrected chi connectivity index (χ3v) is 3.19. The number of nitrogens with zero attached hydrogens (tertiary/aromatic N) is 1. The van der Waals surface area contributed by atoms with Crippen molar-refractivity contribution in [2.45, 2.75) is 46.1 Å². The molecule has 0 radical (unpaired) electrons. The Labute approximate surface area is 89.1 Å². The minimum Gasteiger partial charge on any atom is -0.314 e. The van der Waals surface area contributed by atoms with Gasteiger partial charge in [-0.1, -0.05) is 20.8 Å². The predicted octanol–water partition coefficient (Wildman–Crippen LogP) is 2.11. The van der Waals surface area contributed by atoms with E-state index in [0.717, 1.165) is 12.0 Å². The summed E-state index contributed by atoms with van der Waals surface area (Å²) in [6.45, 7) is 11.8. The normalized spacial score (nSPS) is 20.6. The molecule has 0 amide bonds. The van der Waals surface area contributed by atoms with Crippen LogP contribution in [0.3, 0.4) is 0 Å². The van der Waals surface area contributed by atoms with Crippen molar-refractivity contribution in [1.29, 1.82) is 0 Å². The molecular weight excluding hydrogens is 172 g/mol. The number of rotatable bonds is 5. The maximum atomic E-state index is 3.67. The van der Waals surface area contributed by atoms with Gasteiger partial charge < -0.3 is 10.2 Å². The van der Waals surface area contributed by atoms with Gasteiger partial charge in [0.25, 0.3) is 0 Å². The Morgan fingerprint density at radius 3 is 2.43 bits per heavy atom. The van der Waals surface area contributed by atoms with Crippen molar-refractivity contribution in [1.82, 2.24) is 10.2 Å². The van der Waals surface area contributed by atoms with Gasteiger partial charge in [-0.2, -0.15) is 0 Å². The lowest BCUT2D eigenvalue weighted by molar-refractivity contribution is 0.205. The number of hydrogen-bond acceptors (Lipinski definition) is 2. The van der Waals surface area contributed by atoms with Gasteiger partial charge in [0.1, 0.15) is 0 Å². The van der Waals surface area contributed by atoms with E-state index in [0.29, 0.717) is 0 Å². The average molecular weight is 198 g/mol. The molecule has 0 saturated carbocycles. The van der Waals surface area contributed by atoms with Crippen molar-refractivity contribution >= 4 is 0 Å². The van der Waals surface area contributed by atoms with Gasteiger partial charge >= 0.3 is 0 Å². The summed E-state index contributed by atoms with van der Waals surface area (Å²) in [5.41, 5.74) is 0. The van der Waals surface area contributed by atoms with Crippen LogP contribution in [0.2, 0.25) is 0 Å². The molecule has 0 bridgehead atoms. The van der Waals surface area contributed by atoms with E-state index in [1.165, 1.54) is 45.4 Å². The molecule has 1 heterocycles. The van der Waals surface area contributed by atoms with E-state index in [9.17, 15) is 0 Å². The van der Waals surface area contributed by atoms with Crippen LogP contribution in [0.4, 0.5) is 0 Å². The molecule has 0 aliphatic carbocycles. The first-order valence-corrected chi connectivity index (χ1v) is 6.18. The second-order valence-corrected chi connectivity index (χ2v) is 4.85. The quantitative estimate of drug-likeness (QED) is 0.728. The molecule has 0 aromatic carbocycles. The fourth-order valence-corrected chi connectivity index (χ4v) is 2.03. The predicted molar refractivity (Wildman–Crippen MR) is 62.6 cm³/mol. The summed E-state index contributed by atoms with van der Waals surface area (Å²) in [6, 6.07) is 0.788. The Morgan fingerprint density at radius 2 is 1.93 bits per heavy atom. The highest BCUT2D eigenvalue weighted by Gasteiger charge is 2.16. The highest BCUT2D eigenvalue weighted by atomic mass is 15.1. The molecule has 1 fully saturated rings. The Bertz CT molecular complexity index is 137. The molecule has 0 spiro atoms. The van der Waals surface area contributed by atoms with Crippen LogP contribution in [0.5, 0.6) is 0 Å². The van der Waals surface area contributed by atoms with Gasteiger partial charge in [0.2, 0.25) is 0 Å². The van der Waals surface area contributed by atoms with E-state index in [2.05, 4.69) is 31.0 Å². The SMILES string of the molecule is CCN1CCC(NCCC(C)C)CC1. The minimum atomic E-state index is 0.788. The largest absolute Gasteiger partial charge is 0.314 e. The first-order valence-electron chi connectivity index (χ1n) is 6.18. The zero-order chi connectivity index (χ0) is 10.4. The monoisotopic (exact) mass is 198 g/mol. The summed E-state index contributed by atoms with van der Waals surface area (Å²) < 4.78 is 0. The maximum Gasteiger partial charge on any atom is 0.00914 e. The van der Waals surface area contributed by atoms with Gasteiger partial charge in [-0.25, -0.2) is 0 Å². The summed E-state index contributed by atoms with van der Waals surface area (Å²) in [5, 5.41) is 3.67. The maximum absolute atomic E-state index is 3.67. The highest BCUT2D eigenvalue weighted by Crippen LogP contribution is 2.10. The van der Waals surface area contributed by atoms with Crippen LogP contribution in [0.1, 0.15) is 40.0 Å². The third kappa shape index (κ3) is 4.43. The van der Waals surface area contributed by atoms with Crippen LogP contribution >= 0.6 is 0 Å². The van der Waals surface area contributed by atoms with Crippen LogP contribution in [-0.4, -0.2) is 37.1 Å². The van der Waals surface area contributed by atoms with E-state index in [1.807, 2.05) is 0 Å². The Hall–Kier alpha value is -0.0800. The average Bonchev–Trinajstić information content (AvgIpc) is 2.18. The van der Waals surface area contributed by atoms with E-state index in [-0.39, 0.29) is 0 Å². The number of nitrogens with one attached hydrogen (secondary N) is 1. The van der Waals surface area contributed by atoms with Crippen LogP contribution < -0.4 is 5.32 Å². The van der Waals surface area contributed by atoms with Crippen LogP contribution in [0.25, 0.3) is 0 Å². The summed E-state index contributed by atoms with van der Waals surface area (Å²) in [5.74, 6) is 0.832. The van der Waals surface area contributed by atoms with Gasteiger partial charge in [0.15, 0.2) is 0 Å². The molecule has 14 heavy (non-hydrogen) atoms. The second kappa shape index (κ2) is 6.41. The van der Waals surface area contributed by atoms with Crippen molar-refractivity contribution < 1.29 is 0 Å². The fourth-order valence-electron chi connectivity index (χ4n) is 2.03. The molecule has 2 heteroatoms. The highest BCUT2D eigenvalue weighted by molar-refractivity contribution is 4.76. The zero-order valence-electron chi connectivity index (χ0n) is 10.1. The van der Waals surface area contributed by atoms with Gasteiger partial charge in [0, 0.05) is 6.04 Å². The molecule has 84 valence electrons. The summed E-state index contributed by atoms with van der Waals surface area (Å²) in [7, 11) is 0. The van der Waals surface area contributed by atoms with Crippen molar-refractivity contribution in [3.8, 4) is 0 Å². The van der Waals surface area contributed by atoms with Crippen molar-refractivity contribution in [2.24, 2.45) is 5.92 Å². The number of piperidine rings is 1. The van der Waals surface area contributed by atoms with Crippen LogP contribution in [0, 0.1) is 5.92 Å². The second-order valence-electron chi connectivity index (χ2n) is 4.85. The molecule has 1 N–H and O–H groups in total. The van der Waals surface area contributed by atoms with Crippen molar-refractivity contribution in [3.63, 3.8) is 0 Å². The number of hydrogen-bond donors (Lipinski definition) is 1. The first kappa shape index (κ1) is 12.0. The number of likely N-dealkylation sites (tertiary alicyclic amines) is 1. The Kier molecular flexibility index (Phi) is 5.49. The van der Waals surface area contributed by atoms with Crippen molar-refractivity contribution in [3.05, 3.63) is 0 Å². The summed E-state index contributed by atoms with van der Waals surface area (Å²) in [4.78, 5) is 2.54. The van der Waals surface area contributed by atoms with Gasteiger partial charge in [-0.3, -0.25) is 0 Å². The standard InChI is InChI=1S/C12H26N2/c1-4-14-9-6-12(7-10-14)13-8-5-11(2)3/h11-13H,4-10H2,1-3H3. The van der Waals surface area contributed by atoms with E-state index in [4.69, 9.17) is 0 Å². The van der Waals surface area contributed by atoms with Gasteiger partial charge in [-0.15, -0.1) is 0 Å². The third-order valence-electron chi connectivity index (χ3n) is 3.19. The molecule has 1 aliphatic rings. The lowest BCUT2D eigenvalue weighted by Gasteiger charge is -2.31. The fraction of sp³-hybridized carbons (Fsp3) is 1.00. The van der Waals surface area contributed by atoms with Crippen LogP contribution in [0.15, 0.2) is 0 Å². The molecule has 0 aromatic rings. The zero-order valence-corrected chi connectivity index (χ0v) is 10.1. The van der Waals surface area contributed by atoms with E-state index in [1.54, 1.807) is 0 Å². The molecule has 1 aliphatic heterocycles. The molecular formula is C12H26N2. The molecule has 0 unspecified atom stereocenters.